The molecular formula is C16H19ClN2O2. The van der Waals surface area contributed by atoms with Crippen LogP contribution in [0.15, 0.2) is 24.3 Å². The van der Waals surface area contributed by atoms with Crippen LogP contribution >= 0.6 is 11.6 Å². The molecule has 1 heterocycles. The highest BCUT2D eigenvalue weighted by molar-refractivity contribution is 6.30. The van der Waals surface area contributed by atoms with E-state index in [1.165, 1.54) is 0 Å². The van der Waals surface area contributed by atoms with E-state index in [1.54, 1.807) is 12.1 Å². The first-order valence-corrected chi connectivity index (χ1v) is 7.21. The van der Waals surface area contributed by atoms with E-state index in [0.717, 1.165) is 22.5 Å². The molecule has 1 aromatic carbocycles. The van der Waals surface area contributed by atoms with E-state index in [-0.39, 0.29) is 6.61 Å². The minimum atomic E-state index is -0.441. The van der Waals surface area contributed by atoms with Gasteiger partial charge in [-0.15, -0.1) is 0 Å². The van der Waals surface area contributed by atoms with Gasteiger partial charge in [0.1, 0.15) is 0 Å². The second-order valence-electron chi connectivity index (χ2n) is 5.02. The van der Waals surface area contributed by atoms with Gasteiger partial charge in [-0.05, 0) is 38.0 Å². The van der Waals surface area contributed by atoms with Gasteiger partial charge in [0.2, 0.25) is 0 Å². The summed E-state index contributed by atoms with van der Waals surface area (Å²) in [5.41, 5.74) is 9.66. The zero-order valence-corrected chi connectivity index (χ0v) is 12.9. The van der Waals surface area contributed by atoms with Crippen LogP contribution in [0, 0.1) is 13.8 Å². The molecule has 0 aliphatic heterocycles. The van der Waals surface area contributed by atoms with Crippen LogP contribution in [0.4, 0.5) is 0 Å². The maximum Gasteiger partial charge on any atom is 0.251 e. The molecule has 21 heavy (non-hydrogen) atoms. The molecule has 0 atom stereocenters. The van der Waals surface area contributed by atoms with Crippen molar-refractivity contribution in [2.75, 3.05) is 6.61 Å². The second kappa shape index (κ2) is 6.33. The van der Waals surface area contributed by atoms with Crippen molar-refractivity contribution in [3.05, 3.63) is 46.2 Å². The third-order valence-electron chi connectivity index (χ3n) is 3.70. The Morgan fingerprint density at radius 3 is 2.38 bits per heavy atom. The van der Waals surface area contributed by atoms with Crippen LogP contribution in [0.2, 0.25) is 5.02 Å². The number of nitrogens with zero attached hydrogens (tertiary/aromatic N) is 1. The molecule has 1 amide bonds. The number of aliphatic hydroxyl groups is 1. The average molecular weight is 307 g/mol. The zero-order chi connectivity index (χ0) is 15.6. The predicted molar refractivity (Wildman–Crippen MR) is 84.6 cm³/mol. The number of carbonyl (C=O) groups is 1. The third kappa shape index (κ3) is 2.96. The molecule has 0 spiro atoms. The lowest BCUT2D eigenvalue weighted by Crippen LogP contribution is -2.13. The first-order valence-electron chi connectivity index (χ1n) is 6.83. The summed E-state index contributed by atoms with van der Waals surface area (Å²) in [6, 6.07) is 7.35. The lowest BCUT2D eigenvalue weighted by molar-refractivity contribution is 0.1000. The highest BCUT2D eigenvalue weighted by Crippen LogP contribution is 2.33. The Balaban J connectivity index is 2.63. The summed E-state index contributed by atoms with van der Waals surface area (Å²) in [6.07, 6.45) is 0.634. The van der Waals surface area contributed by atoms with Gasteiger partial charge in [-0.1, -0.05) is 23.7 Å². The minimum absolute atomic E-state index is 0.110. The molecule has 0 saturated heterocycles. The number of aliphatic hydroxyl groups excluding tert-OH is 1. The highest BCUT2D eigenvalue weighted by atomic mass is 35.5. The first-order chi connectivity index (χ1) is 9.97. The molecule has 0 bridgehead atoms. The molecule has 3 N–H and O–H groups in total. The Morgan fingerprint density at radius 2 is 1.86 bits per heavy atom. The molecule has 2 aromatic rings. The number of primary amides is 1. The normalized spacial score (nSPS) is 10.9. The highest BCUT2D eigenvalue weighted by Gasteiger charge is 2.22. The van der Waals surface area contributed by atoms with Crippen molar-refractivity contribution < 1.29 is 9.90 Å². The van der Waals surface area contributed by atoms with Gasteiger partial charge in [0.25, 0.3) is 5.91 Å². The van der Waals surface area contributed by atoms with Gasteiger partial charge < -0.3 is 15.4 Å². The van der Waals surface area contributed by atoms with Crippen molar-refractivity contribution >= 4 is 17.5 Å². The van der Waals surface area contributed by atoms with Gasteiger partial charge >= 0.3 is 0 Å². The molecule has 0 fully saturated rings. The number of carbonyl (C=O) groups excluding carboxylic acids is 1. The topological polar surface area (TPSA) is 68.2 Å². The van der Waals surface area contributed by atoms with Gasteiger partial charge in [-0.2, -0.15) is 0 Å². The standard InChI is InChI=1S/C16H19ClN2O2/c1-10-14(12-4-6-13(17)7-5-12)15(16(18)21)11(2)19(10)8-3-9-20/h4-7,20H,3,8-9H2,1-2H3,(H2,18,21). The van der Waals surface area contributed by atoms with Crippen LogP contribution in [-0.2, 0) is 6.54 Å². The SMILES string of the molecule is Cc1c(C(N)=O)c(-c2ccc(Cl)cc2)c(C)n1CCCO. The van der Waals surface area contributed by atoms with Gasteiger partial charge in [0.15, 0.2) is 0 Å². The van der Waals surface area contributed by atoms with Crippen LogP contribution in [0.25, 0.3) is 11.1 Å². The summed E-state index contributed by atoms with van der Waals surface area (Å²) < 4.78 is 2.03. The van der Waals surface area contributed by atoms with Gasteiger partial charge in [-0.25, -0.2) is 0 Å². The van der Waals surface area contributed by atoms with Crippen LogP contribution in [0.5, 0.6) is 0 Å². The average Bonchev–Trinajstić information content (AvgIpc) is 2.69. The second-order valence-corrected chi connectivity index (χ2v) is 5.46. The van der Waals surface area contributed by atoms with Crippen LogP contribution < -0.4 is 5.73 Å². The first kappa shape index (κ1) is 15.6. The quantitative estimate of drug-likeness (QED) is 0.892. The molecule has 5 heteroatoms. The fourth-order valence-corrected chi connectivity index (χ4v) is 2.84. The maximum absolute atomic E-state index is 11.9. The number of hydrogen-bond acceptors (Lipinski definition) is 2. The van der Waals surface area contributed by atoms with E-state index in [9.17, 15) is 4.79 Å². The minimum Gasteiger partial charge on any atom is -0.396 e. The van der Waals surface area contributed by atoms with Gasteiger partial charge in [0, 0.05) is 35.1 Å². The van der Waals surface area contributed by atoms with Crippen molar-refractivity contribution in [2.45, 2.75) is 26.8 Å². The van der Waals surface area contributed by atoms with Crippen molar-refractivity contribution in [1.82, 2.24) is 4.57 Å². The summed E-state index contributed by atoms with van der Waals surface area (Å²) in [7, 11) is 0. The van der Waals surface area contributed by atoms with E-state index in [4.69, 9.17) is 22.4 Å². The van der Waals surface area contributed by atoms with Gasteiger partial charge in [-0.3, -0.25) is 4.79 Å². The number of halogens is 1. The van der Waals surface area contributed by atoms with E-state index in [1.807, 2.05) is 30.5 Å². The summed E-state index contributed by atoms with van der Waals surface area (Å²) in [5.74, 6) is -0.441. The molecular weight excluding hydrogens is 288 g/mol. The predicted octanol–water partition coefficient (Wildman–Crippen LogP) is 2.91. The van der Waals surface area contributed by atoms with E-state index < -0.39 is 5.91 Å². The van der Waals surface area contributed by atoms with E-state index >= 15 is 0 Å². The number of aromatic nitrogens is 1. The number of rotatable bonds is 5. The smallest absolute Gasteiger partial charge is 0.251 e. The third-order valence-corrected chi connectivity index (χ3v) is 3.95. The van der Waals surface area contributed by atoms with Crippen LogP contribution in [0.3, 0.4) is 0 Å². The zero-order valence-electron chi connectivity index (χ0n) is 12.2. The Hall–Kier alpha value is -1.78. The van der Waals surface area contributed by atoms with Crippen molar-refractivity contribution in [1.29, 1.82) is 0 Å². The summed E-state index contributed by atoms with van der Waals surface area (Å²) in [4.78, 5) is 11.9. The Bertz CT molecular complexity index is 660. The molecule has 2 rings (SSSR count). The molecule has 0 radical (unpaired) electrons. The molecule has 0 unspecified atom stereocenters. The number of amides is 1. The number of benzene rings is 1. The molecule has 0 aliphatic carbocycles. The Kier molecular flexibility index (Phi) is 4.70. The summed E-state index contributed by atoms with van der Waals surface area (Å²) in [6.45, 7) is 4.60. The van der Waals surface area contributed by atoms with Crippen LogP contribution in [0.1, 0.15) is 28.2 Å². The monoisotopic (exact) mass is 306 g/mol. The van der Waals surface area contributed by atoms with Crippen molar-refractivity contribution in [3.63, 3.8) is 0 Å². The largest absolute Gasteiger partial charge is 0.396 e. The molecule has 1 aromatic heterocycles. The Labute approximate surface area is 129 Å². The van der Waals surface area contributed by atoms with Crippen LogP contribution in [-0.4, -0.2) is 22.2 Å². The fourth-order valence-electron chi connectivity index (χ4n) is 2.72. The van der Waals surface area contributed by atoms with Gasteiger partial charge in [0.05, 0.1) is 5.56 Å². The summed E-state index contributed by atoms with van der Waals surface area (Å²) >= 11 is 5.92. The fraction of sp³-hybridized carbons (Fsp3) is 0.312. The van der Waals surface area contributed by atoms with Crippen molar-refractivity contribution in [2.24, 2.45) is 5.73 Å². The Morgan fingerprint density at radius 1 is 1.24 bits per heavy atom. The lowest BCUT2D eigenvalue weighted by atomic mass is 10.0. The summed E-state index contributed by atoms with van der Waals surface area (Å²) in [5, 5.41) is 9.67. The molecule has 112 valence electrons. The lowest BCUT2D eigenvalue weighted by Gasteiger charge is -2.08. The molecule has 0 saturated carbocycles. The number of nitrogens with two attached hydrogens (primary N) is 1. The van der Waals surface area contributed by atoms with E-state index in [0.29, 0.717) is 23.6 Å². The maximum atomic E-state index is 11.9. The molecule has 4 nitrogen and oxygen atoms in total. The van der Waals surface area contributed by atoms with Crippen molar-refractivity contribution in [3.8, 4) is 11.1 Å². The van der Waals surface area contributed by atoms with E-state index in [2.05, 4.69) is 0 Å². The number of hydrogen-bond donors (Lipinski definition) is 2. The molecule has 0 aliphatic rings.